The maximum atomic E-state index is 10.6. The standard InChI is InChI=1S/C23H28N6O.C2HF3O2/c1-3-30-19-9-7-17(8-10-19)28-23-15(2)22(27-18-6-4-5-16(25)13-18)20(14-24)21-11-12-26-29(21)23;3-2(4,5)1(6)7/h7-12,16,18,27-28H,3-6,13,25H2,1-2H3;(H,6,7). The monoisotopic (exact) mass is 518 g/mol. The number of hydrogen-bond acceptors (Lipinski definition) is 7. The highest BCUT2D eigenvalue weighted by Gasteiger charge is 2.38. The molecule has 0 aliphatic heterocycles. The second-order valence-corrected chi connectivity index (χ2v) is 8.62. The van der Waals surface area contributed by atoms with Gasteiger partial charge >= 0.3 is 12.1 Å². The molecule has 2 aromatic heterocycles. The largest absolute Gasteiger partial charge is 0.494 e. The number of hydrogen-bond donors (Lipinski definition) is 4. The molecule has 0 spiro atoms. The van der Waals surface area contributed by atoms with Crippen molar-refractivity contribution in [3.05, 3.63) is 47.7 Å². The molecule has 9 nitrogen and oxygen atoms in total. The number of anilines is 3. The summed E-state index contributed by atoms with van der Waals surface area (Å²) in [5.41, 5.74) is 10.3. The van der Waals surface area contributed by atoms with Crippen LogP contribution < -0.4 is 21.1 Å². The van der Waals surface area contributed by atoms with Crippen molar-refractivity contribution >= 4 is 28.7 Å². The van der Waals surface area contributed by atoms with Crippen LogP contribution in [0.3, 0.4) is 0 Å². The SMILES string of the molecule is CCOc1ccc(Nc2c(C)c(NC3CCCC(N)C3)c(C#N)c3ccnn23)cc1.O=C(O)C(F)(F)F. The summed E-state index contributed by atoms with van der Waals surface area (Å²) in [6.45, 7) is 4.62. The number of nitrogens with one attached hydrogen (secondary N) is 2. The maximum absolute atomic E-state index is 10.6. The first-order valence-electron chi connectivity index (χ1n) is 11.8. The predicted octanol–water partition coefficient (Wildman–Crippen LogP) is 4.97. The highest BCUT2D eigenvalue weighted by atomic mass is 19.4. The molecule has 12 heteroatoms. The van der Waals surface area contributed by atoms with Gasteiger partial charge in [-0.15, -0.1) is 0 Å². The van der Waals surface area contributed by atoms with Crippen LogP contribution in [-0.4, -0.2) is 45.6 Å². The average Bonchev–Trinajstić information content (AvgIpc) is 3.32. The number of nitrogens with two attached hydrogens (primary N) is 1. The molecule has 198 valence electrons. The molecule has 1 aliphatic carbocycles. The lowest BCUT2D eigenvalue weighted by molar-refractivity contribution is -0.192. The minimum absolute atomic E-state index is 0.210. The normalized spacial score (nSPS) is 17.3. The molecule has 2 unspecified atom stereocenters. The third-order valence-corrected chi connectivity index (χ3v) is 5.94. The molecule has 2 atom stereocenters. The lowest BCUT2D eigenvalue weighted by Crippen LogP contribution is -2.35. The number of fused-ring (bicyclic) bond motifs is 1. The smallest absolute Gasteiger partial charge is 0.490 e. The number of carboxylic acid groups (broad SMARTS) is 1. The van der Waals surface area contributed by atoms with Crippen molar-refractivity contribution in [2.24, 2.45) is 5.73 Å². The zero-order chi connectivity index (χ0) is 27.2. The van der Waals surface area contributed by atoms with Gasteiger partial charge in [0, 0.05) is 23.3 Å². The summed E-state index contributed by atoms with van der Waals surface area (Å²) in [4.78, 5) is 8.90. The quantitative estimate of drug-likeness (QED) is 0.359. The van der Waals surface area contributed by atoms with Gasteiger partial charge in [-0.1, -0.05) is 0 Å². The Labute approximate surface area is 212 Å². The molecule has 0 amide bonds. The van der Waals surface area contributed by atoms with Crippen LogP contribution in [0.25, 0.3) is 5.52 Å². The van der Waals surface area contributed by atoms with Gasteiger partial charge in [0.05, 0.1) is 24.0 Å². The van der Waals surface area contributed by atoms with Gasteiger partial charge in [0.15, 0.2) is 0 Å². The number of nitriles is 1. The topological polar surface area (TPSA) is 138 Å². The summed E-state index contributed by atoms with van der Waals surface area (Å²) in [6.07, 6.45) is 0.778. The summed E-state index contributed by atoms with van der Waals surface area (Å²) in [7, 11) is 0. The second kappa shape index (κ2) is 11.8. The van der Waals surface area contributed by atoms with Crippen molar-refractivity contribution in [1.82, 2.24) is 9.61 Å². The Hall–Kier alpha value is -3.98. The summed E-state index contributed by atoms with van der Waals surface area (Å²) in [6, 6.07) is 12.6. The Morgan fingerprint density at radius 2 is 1.97 bits per heavy atom. The van der Waals surface area contributed by atoms with Crippen molar-refractivity contribution in [2.75, 3.05) is 17.2 Å². The van der Waals surface area contributed by atoms with E-state index in [2.05, 4.69) is 21.8 Å². The van der Waals surface area contributed by atoms with Gasteiger partial charge in [-0.05, 0) is 69.9 Å². The number of carbonyl (C=O) groups is 1. The Kier molecular flexibility index (Phi) is 8.83. The molecule has 1 aromatic carbocycles. The van der Waals surface area contributed by atoms with E-state index < -0.39 is 12.1 Å². The molecule has 1 aliphatic rings. The minimum Gasteiger partial charge on any atom is -0.494 e. The molecule has 0 saturated heterocycles. The van der Waals surface area contributed by atoms with E-state index in [1.807, 2.05) is 44.2 Å². The van der Waals surface area contributed by atoms with Crippen LogP contribution in [0, 0.1) is 18.3 Å². The van der Waals surface area contributed by atoms with Gasteiger partial charge in [0.1, 0.15) is 23.2 Å². The fraction of sp³-hybridized carbons (Fsp3) is 0.400. The minimum atomic E-state index is -5.08. The molecule has 5 N–H and O–H groups in total. The molecule has 2 heterocycles. The third kappa shape index (κ3) is 6.83. The molecular weight excluding hydrogens is 489 g/mol. The number of nitrogens with zero attached hydrogens (tertiary/aromatic N) is 3. The average molecular weight is 519 g/mol. The van der Waals surface area contributed by atoms with Crippen molar-refractivity contribution < 1.29 is 27.8 Å². The number of ether oxygens (including phenoxy) is 1. The first kappa shape index (κ1) is 27.6. The lowest BCUT2D eigenvalue weighted by Gasteiger charge is -2.29. The Bertz CT molecular complexity index is 1270. The van der Waals surface area contributed by atoms with E-state index >= 15 is 0 Å². The molecule has 3 aromatic rings. The van der Waals surface area contributed by atoms with Crippen LogP contribution in [0.2, 0.25) is 0 Å². The van der Waals surface area contributed by atoms with Crippen molar-refractivity contribution in [3.63, 3.8) is 0 Å². The first-order valence-corrected chi connectivity index (χ1v) is 11.8. The summed E-state index contributed by atoms with van der Waals surface area (Å²) in [5, 5.41) is 28.6. The molecule has 4 rings (SSSR count). The van der Waals surface area contributed by atoms with Gasteiger partial charge in [-0.25, -0.2) is 9.31 Å². The summed E-state index contributed by atoms with van der Waals surface area (Å²) in [5.74, 6) is -1.09. The number of halogens is 3. The van der Waals surface area contributed by atoms with Crippen molar-refractivity contribution in [1.29, 1.82) is 5.26 Å². The Morgan fingerprint density at radius 1 is 1.30 bits per heavy atom. The number of benzene rings is 1. The van der Waals surface area contributed by atoms with Crippen molar-refractivity contribution in [3.8, 4) is 11.8 Å². The van der Waals surface area contributed by atoms with E-state index in [-0.39, 0.29) is 12.1 Å². The van der Waals surface area contributed by atoms with E-state index in [4.69, 9.17) is 20.4 Å². The highest BCUT2D eigenvalue weighted by Crippen LogP contribution is 2.35. The van der Waals surface area contributed by atoms with E-state index in [9.17, 15) is 18.4 Å². The van der Waals surface area contributed by atoms with Crippen LogP contribution in [0.5, 0.6) is 5.75 Å². The number of aliphatic carboxylic acids is 1. The van der Waals surface area contributed by atoms with Crippen LogP contribution in [0.1, 0.15) is 43.7 Å². The van der Waals surface area contributed by atoms with Gasteiger partial charge in [-0.3, -0.25) is 0 Å². The second-order valence-electron chi connectivity index (χ2n) is 8.62. The van der Waals surface area contributed by atoms with Crippen LogP contribution in [-0.2, 0) is 4.79 Å². The zero-order valence-electron chi connectivity index (χ0n) is 20.5. The fourth-order valence-corrected chi connectivity index (χ4v) is 4.20. The molecule has 0 radical (unpaired) electrons. The van der Waals surface area contributed by atoms with E-state index in [0.717, 1.165) is 59.7 Å². The molecular formula is C25H29F3N6O3. The molecule has 37 heavy (non-hydrogen) atoms. The van der Waals surface area contributed by atoms with E-state index in [1.165, 1.54) is 0 Å². The number of carboxylic acids is 1. The fourth-order valence-electron chi connectivity index (χ4n) is 4.20. The number of pyridine rings is 1. The summed E-state index contributed by atoms with van der Waals surface area (Å²) < 4.78 is 39.1. The van der Waals surface area contributed by atoms with E-state index in [1.54, 1.807) is 10.7 Å². The highest BCUT2D eigenvalue weighted by molar-refractivity contribution is 5.82. The Balaban J connectivity index is 0.000000479. The van der Waals surface area contributed by atoms with Crippen molar-refractivity contribution in [2.45, 2.75) is 57.8 Å². The molecule has 1 saturated carbocycles. The number of alkyl halides is 3. The third-order valence-electron chi connectivity index (χ3n) is 5.94. The van der Waals surface area contributed by atoms with E-state index in [0.29, 0.717) is 12.2 Å². The van der Waals surface area contributed by atoms with Crippen LogP contribution in [0.15, 0.2) is 36.5 Å². The first-order chi connectivity index (χ1) is 17.5. The Morgan fingerprint density at radius 3 is 2.54 bits per heavy atom. The van der Waals surface area contributed by atoms with Gasteiger partial charge < -0.3 is 26.2 Å². The predicted molar refractivity (Wildman–Crippen MR) is 133 cm³/mol. The van der Waals surface area contributed by atoms with Crippen LogP contribution >= 0.6 is 0 Å². The van der Waals surface area contributed by atoms with Gasteiger partial charge in [0.25, 0.3) is 0 Å². The van der Waals surface area contributed by atoms with Gasteiger partial charge in [-0.2, -0.15) is 23.5 Å². The maximum Gasteiger partial charge on any atom is 0.490 e. The van der Waals surface area contributed by atoms with Crippen LogP contribution in [0.4, 0.5) is 30.4 Å². The molecule has 0 bridgehead atoms. The van der Waals surface area contributed by atoms with Gasteiger partial charge in [0.2, 0.25) is 0 Å². The number of aromatic nitrogens is 2. The zero-order valence-corrected chi connectivity index (χ0v) is 20.5. The molecule has 1 fully saturated rings. The summed E-state index contributed by atoms with van der Waals surface area (Å²) >= 11 is 0. The lowest BCUT2D eigenvalue weighted by atomic mass is 9.91. The number of rotatable bonds is 6.